The first-order valence-electron chi connectivity index (χ1n) is 5.19. The lowest BCUT2D eigenvalue weighted by Crippen LogP contribution is -2.26. The molecule has 2 atom stereocenters. The van der Waals surface area contributed by atoms with Crippen molar-refractivity contribution in [3.05, 3.63) is 18.0 Å². The molecule has 1 fully saturated rings. The SMILES string of the molecule is Cc1cnn(C2CC(=O)CCC2C)c1. The predicted molar refractivity (Wildman–Crippen MR) is 54.0 cm³/mol. The van der Waals surface area contributed by atoms with Gasteiger partial charge in [-0.3, -0.25) is 9.48 Å². The van der Waals surface area contributed by atoms with E-state index >= 15 is 0 Å². The molecule has 1 aromatic heterocycles. The van der Waals surface area contributed by atoms with Crippen LogP contribution in [-0.2, 0) is 4.79 Å². The zero-order valence-electron chi connectivity index (χ0n) is 8.73. The molecule has 3 heteroatoms. The molecule has 0 radical (unpaired) electrons. The van der Waals surface area contributed by atoms with E-state index in [-0.39, 0.29) is 6.04 Å². The van der Waals surface area contributed by atoms with Crippen LogP contribution in [0.5, 0.6) is 0 Å². The van der Waals surface area contributed by atoms with Gasteiger partial charge < -0.3 is 0 Å². The van der Waals surface area contributed by atoms with Gasteiger partial charge in [-0.15, -0.1) is 0 Å². The van der Waals surface area contributed by atoms with Crippen LogP contribution in [0, 0.1) is 12.8 Å². The van der Waals surface area contributed by atoms with Gasteiger partial charge in [0.05, 0.1) is 12.2 Å². The number of carbonyl (C=O) groups is 1. The van der Waals surface area contributed by atoms with E-state index < -0.39 is 0 Å². The summed E-state index contributed by atoms with van der Waals surface area (Å²) in [7, 11) is 0. The van der Waals surface area contributed by atoms with Crippen molar-refractivity contribution in [1.29, 1.82) is 0 Å². The van der Waals surface area contributed by atoms with Gasteiger partial charge in [0.1, 0.15) is 5.78 Å². The normalized spacial score (nSPS) is 28.0. The van der Waals surface area contributed by atoms with Gasteiger partial charge in [-0.25, -0.2) is 0 Å². The molecule has 76 valence electrons. The Kier molecular flexibility index (Phi) is 2.40. The number of aromatic nitrogens is 2. The van der Waals surface area contributed by atoms with Crippen molar-refractivity contribution in [2.24, 2.45) is 5.92 Å². The van der Waals surface area contributed by atoms with E-state index in [0.717, 1.165) is 18.4 Å². The molecule has 1 saturated carbocycles. The van der Waals surface area contributed by atoms with Crippen LogP contribution in [0.4, 0.5) is 0 Å². The number of ketones is 1. The topological polar surface area (TPSA) is 34.9 Å². The number of carbonyl (C=O) groups excluding carboxylic acids is 1. The molecule has 0 saturated heterocycles. The Hall–Kier alpha value is -1.12. The largest absolute Gasteiger partial charge is 0.300 e. The van der Waals surface area contributed by atoms with Crippen LogP contribution in [-0.4, -0.2) is 15.6 Å². The van der Waals surface area contributed by atoms with Crippen molar-refractivity contribution < 1.29 is 4.79 Å². The standard InChI is InChI=1S/C11H16N2O/c1-8-6-12-13(7-8)11-5-10(14)4-3-9(11)2/h6-7,9,11H,3-5H2,1-2H3. The van der Waals surface area contributed by atoms with Gasteiger partial charge in [-0.1, -0.05) is 6.92 Å². The molecule has 0 bridgehead atoms. The number of hydrogen-bond acceptors (Lipinski definition) is 2. The molecule has 2 unspecified atom stereocenters. The van der Waals surface area contributed by atoms with Crippen molar-refractivity contribution in [3.8, 4) is 0 Å². The van der Waals surface area contributed by atoms with Crippen molar-refractivity contribution in [2.45, 2.75) is 39.2 Å². The van der Waals surface area contributed by atoms with Crippen molar-refractivity contribution in [2.75, 3.05) is 0 Å². The molecule has 0 aromatic carbocycles. The van der Waals surface area contributed by atoms with Crippen LogP contribution >= 0.6 is 0 Å². The molecule has 1 aliphatic rings. The molecule has 0 spiro atoms. The zero-order chi connectivity index (χ0) is 10.1. The highest BCUT2D eigenvalue weighted by Gasteiger charge is 2.27. The summed E-state index contributed by atoms with van der Waals surface area (Å²) in [5, 5.41) is 4.29. The smallest absolute Gasteiger partial charge is 0.135 e. The number of aryl methyl sites for hydroxylation is 1. The van der Waals surface area contributed by atoms with Gasteiger partial charge in [0, 0.05) is 19.0 Å². The molecule has 2 rings (SSSR count). The molecule has 0 amide bonds. The molecule has 0 aliphatic heterocycles. The predicted octanol–water partition coefficient (Wildman–Crippen LogP) is 2.12. The Morgan fingerprint density at radius 3 is 3.00 bits per heavy atom. The quantitative estimate of drug-likeness (QED) is 0.683. The van der Waals surface area contributed by atoms with E-state index in [0.29, 0.717) is 18.1 Å². The zero-order valence-corrected chi connectivity index (χ0v) is 8.73. The van der Waals surface area contributed by atoms with Gasteiger partial charge >= 0.3 is 0 Å². The van der Waals surface area contributed by atoms with E-state index in [9.17, 15) is 4.79 Å². The second kappa shape index (κ2) is 3.56. The second-order valence-electron chi connectivity index (χ2n) is 4.32. The van der Waals surface area contributed by atoms with E-state index in [1.54, 1.807) is 0 Å². The number of hydrogen-bond donors (Lipinski definition) is 0. The summed E-state index contributed by atoms with van der Waals surface area (Å²) in [4.78, 5) is 11.4. The lowest BCUT2D eigenvalue weighted by atomic mass is 9.85. The van der Waals surface area contributed by atoms with Crippen LogP contribution in [0.1, 0.15) is 37.8 Å². The minimum Gasteiger partial charge on any atom is -0.300 e. The number of Topliss-reactive ketones (excluding diaryl/α,β-unsaturated/α-hetero) is 1. The fourth-order valence-corrected chi connectivity index (χ4v) is 2.09. The van der Waals surface area contributed by atoms with Crippen LogP contribution in [0.2, 0.25) is 0 Å². The highest BCUT2D eigenvalue weighted by molar-refractivity contribution is 5.79. The van der Waals surface area contributed by atoms with Crippen molar-refractivity contribution >= 4 is 5.78 Å². The van der Waals surface area contributed by atoms with E-state index in [1.165, 1.54) is 0 Å². The molecule has 1 heterocycles. The summed E-state index contributed by atoms with van der Waals surface area (Å²) >= 11 is 0. The first-order valence-corrected chi connectivity index (χ1v) is 5.19. The minimum absolute atomic E-state index is 0.282. The molecular formula is C11H16N2O. The van der Waals surface area contributed by atoms with E-state index in [2.05, 4.69) is 12.0 Å². The van der Waals surface area contributed by atoms with E-state index in [1.807, 2.05) is 24.0 Å². The number of rotatable bonds is 1. The molecule has 1 aliphatic carbocycles. The Labute approximate surface area is 84.1 Å². The Morgan fingerprint density at radius 2 is 2.36 bits per heavy atom. The summed E-state index contributed by atoms with van der Waals surface area (Å²) in [5.41, 5.74) is 1.16. The summed E-state index contributed by atoms with van der Waals surface area (Å²) in [6, 6.07) is 0.282. The third-order valence-electron chi connectivity index (χ3n) is 3.04. The average Bonchev–Trinajstić information content (AvgIpc) is 2.56. The van der Waals surface area contributed by atoms with E-state index in [4.69, 9.17) is 0 Å². The number of nitrogens with zero attached hydrogens (tertiary/aromatic N) is 2. The highest BCUT2D eigenvalue weighted by atomic mass is 16.1. The van der Waals surface area contributed by atoms with Crippen molar-refractivity contribution in [3.63, 3.8) is 0 Å². The first kappa shape index (κ1) is 9.44. The monoisotopic (exact) mass is 192 g/mol. The van der Waals surface area contributed by atoms with Crippen LogP contribution in [0.3, 0.4) is 0 Å². The van der Waals surface area contributed by atoms with Gasteiger partial charge in [0.25, 0.3) is 0 Å². The van der Waals surface area contributed by atoms with Gasteiger partial charge in [-0.2, -0.15) is 5.10 Å². The molecule has 3 nitrogen and oxygen atoms in total. The van der Waals surface area contributed by atoms with Gasteiger partial charge in [0.15, 0.2) is 0 Å². The van der Waals surface area contributed by atoms with Gasteiger partial charge in [0.2, 0.25) is 0 Å². The average molecular weight is 192 g/mol. The molecular weight excluding hydrogens is 176 g/mol. The maximum atomic E-state index is 11.4. The first-order chi connectivity index (χ1) is 6.66. The Balaban J connectivity index is 2.19. The summed E-state index contributed by atoms with van der Waals surface area (Å²) < 4.78 is 1.96. The van der Waals surface area contributed by atoms with Crippen molar-refractivity contribution in [1.82, 2.24) is 9.78 Å². The lowest BCUT2D eigenvalue weighted by Gasteiger charge is -2.28. The molecule has 0 N–H and O–H groups in total. The summed E-state index contributed by atoms with van der Waals surface area (Å²) in [6.45, 7) is 4.23. The summed E-state index contributed by atoms with van der Waals surface area (Å²) in [5.74, 6) is 0.938. The van der Waals surface area contributed by atoms with Crippen LogP contribution < -0.4 is 0 Å². The van der Waals surface area contributed by atoms with Crippen LogP contribution in [0.15, 0.2) is 12.4 Å². The lowest BCUT2D eigenvalue weighted by molar-refractivity contribution is -0.122. The molecule has 1 aromatic rings. The maximum absolute atomic E-state index is 11.4. The molecule has 14 heavy (non-hydrogen) atoms. The maximum Gasteiger partial charge on any atom is 0.135 e. The highest BCUT2D eigenvalue weighted by Crippen LogP contribution is 2.31. The summed E-state index contributed by atoms with van der Waals surface area (Å²) in [6.07, 6.45) is 6.29. The fraction of sp³-hybridized carbons (Fsp3) is 0.636. The third kappa shape index (κ3) is 1.72. The second-order valence-corrected chi connectivity index (χ2v) is 4.32. The van der Waals surface area contributed by atoms with Crippen LogP contribution in [0.25, 0.3) is 0 Å². The Bertz CT molecular complexity index is 343. The van der Waals surface area contributed by atoms with Gasteiger partial charge in [-0.05, 0) is 24.8 Å². The minimum atomic E-state index is 0.282. The fourth-order valence-electron chi connectivity index (χ4n) is 2.09. The Morgan fingerprint density at radius 1 is 1.57 bits per heavy atom. The third-order valence-corrected chi connectivity index (χ3v) is 3.04.